The predicted octanol–water partition coefficient (Wildman–Crippen LogP) is 2.39. The molecule has 0 atom stereocenters. The maximum absolute atomic E-state index is 5.81. The van der Waals surface area contributed by atoms with Gasteiger partial charge in [0.25, 0.3) is 0 Å². The lowest BCUT2D eigenvalue weighted by Crippen LogP contribution is -2.07. The Morgan fingerprint density at radius 3 is 2.59 bits per heavy atom. The highest BCUT2D eigenvalue weighted by atomic mass is 15.3. The molecule has 0 radical (unpaired) electrons. The third-order valence-electron chi connectivity index (χ3n) is 3.03. The minimum atomic E-state index is 0.460. The molecule has 0 amide bonds. The Bertz CT molecular complexity index is 485. The van der Waals surface area contributed by atoms with Crippen molar-refractivity contribution in [3.05, 3.63) is 18.3 Å². The van der Waals surface area contributed by atoms with Crippen LogP contribution in [0.3, 0.4) is 0 Å². The van der Waals surface area contributed by atoms with Gasteiger partial charge in [-0.3, -0.25) is 0 Å². The molecule has 0 aromatic carbocycles. The summed E-state index contributed by atoms with van der Waals surface area (Å²) < 4.78 is 1.83. The molecule has 0 spiro atoms. The topological polar surface area (TPSA) is 69.1 Å². The van der Waals surface area contributed by atoms with E-state index in [4.69, 9.17) is 5.73 Å². The molecule has 0 bridgehead atoms. The number of aromatic nitrogens is 4. The van der Waals surface area contributed by atoms with Crippen LogP contribution in [0.2, 0.25) is 0 Å². The lowest BCUT2D eigenvalue weighted by molar-refractivity contribution is 0.523. The first-order valence-corrected chi connectivity index (χ1v) is 6.22. The molecule has 0 aliphatic carbocycles. The van der Waals surface area contributed by atoms with Crippen LogP contribution < -0.4 is 5.73 Å². The maximum Gasteiger partial charge on any atom is 0.153 e. The molecule has 0 fully saturated rings. The van der Waals surface area contributed by atoms with Gasteiger partial charge in [-0.15, -0.1) is 0 Å². The molecule has 2 heterocycles. The van der Waals surface area contributed by atoms with Gasteiger partial charge in [0.15, 0.2) is 5.82 Å². The Morgan fingerprint density at radius 1 is 1.24 bits per heavy atom. The van der Waals surface area contributed by atoms with Gasteiger partial charge in [-0.05, 0) is 12.8 Å². The Kier molecular flexibility index (Phi) is 3.56. The molecule has 0 unspecified atom stereocenters. The van der Waals surface area contributed by atoms with Crippen LogP contribution in [0.1, 0.15) is 51.3 Å². The number of anilines is 1. The summed E-state index contributed by atoms with van der Waals surface area (Å²) >= 11 is 0. The van der Waals surface area contributed by atoms with Gasteiger partial charge >= 0.3 is 0 Å². The van der Waals surface area contributed by atoms with Crippen LogP contribution >= 0.6 is 0 Å². The van der Waals surface area contributed by atoms with Crippen LogP contribution in [0.15, 0.2) is 12.5 Å². The van der Waals surface area contributed by atoms with Crippen molar-refractivity contribution in [2.45, 2.75) is 45.4 Å². The zero-order valence-electron chi connectivity index (χ0n) is 10.4. The molecule has 0 aliphatic heterocycles. The summed E-state index contributed by atoms with van der Waals surface area (Å²) in [4.78, 5) is 8.45. The molecule has 0 saturated heterocycles. The van der Waals surface area contributed by atoms with Crippen molar-refractivity contribution in [3.63, 3.8) is 0 Å². The van der Waals surface area contributed by atoms with Gasteiger partial charge in [-0.25, -0.2) is 14.5 Å². The Morgan fingerprint density at radius 2 is 1.94 bits per heavy atom. The van der Waals surface area contributed by atoms with Crippen LogP contribution in [-0.2, 0) is 0 Å². The number of nitrogens with zero attached hydrogens (tertiary/aromatic N) is 4. The second kappa shape index (κ2) is 5.12. The first kappa shape index (κ1) is 11.8. The second-order valence-corrected chi connectivity index (χ2v) is 4.33. The summed E-state index contributed by atoms with van der Waals surface area (Å²) in [5.41, 5.74) is 6.61. The summed E-state index contributed by atoms with van der Waals surface area (Å²) in [7, 11) is 0. The zero-order valence-corrected chi connectivity index (χ0v) is 10.4. The largest absolute Gasteiger partial charge is 0.382 e. The minimum Gasteiger partial charge on any atom is -0.382 e. The molecule has 92 valence electrons. The number of hydrogen-bond donors (Lipinski definition) is 1. The smallest absolute Gasteiger partial charge is 0.153 e. The highest BCUT2D eigenvalue weighted by molar-refractivity contribution is 5.63. The van der Waals surface area contributed by atoms with E-state index in [1.165, 1.54) is 6.33 Å². The Balaban J connectivity index is 2.42. The first-order chi connectivity index (χ1) is 8.27. The Hall–Kier alpha value is -1.65. The number of nitrogen functional groups attached to an aromatic ring is 1. The average Bonchev–Trinajstić information content (AvgIpc) is 2.74. The van der Waals surface area contributed by atoms with Crippen molar-refractivity contribution in [3.8, 4) is 0 Å². The zero-order chi connectivity index (χ0) is 12.3. The monoisotopic (exact) mass is 233 g/mol. The number of rotatable bonds is 5. The highest BCUT2D eigenvalue weighted by Crippen LogP contribution is 2.26. The van der Waals surface area contributed by atoms with E-state index in [1.54, 1.807) is 6.20 Å². The van der Waals surface area contributed by atoms with Crippen LogP contribution in [0.4, 0.5) is 5.82 Å². The van der Waals surface area contributed by atoms with Gasteiger partial charge in [0.2, 0.25) is 0 Å². The van der Waals surface area contributed by atoms with E-state index >= 15 is 0 Å². The van der Waals surface area contributed by atoms with Crippen molar-refractivity contribution in [1.82, 2.24) is 19.6 Å². The molecule has 2 aromatic heterocycles. The standard InChI is InChI=1S/C12H19N5/c1-3-5-9(6-4-2)12-14-7-10-11(13)15-8-16-17(10)12/h7-9H,3-6H2,1-2H3,(H2,13,15,16). The SMILES string of the molecule is CCCC(CCC)c1ncc2c(N)ncnn12. The Labute approximate surface area is 101 Å². The normalized spacial score (nSPS) is 11.5. The molecule has 0 aliphatic rings. The van der Waals surface area contributed by atoms with Gasteiger partial charge < -0.3 is 5.73 Å². The van der Waals surface area contributed by atoms with E-state index in [1.807, 2.05) is 4.52 Å². The molecule has 5 nitrogen and oxygen atoms in total. The van der Waals surface area contributed by atoms with Crippen molar-refractivity contribution in [2.75, 3.05) is 5.73 Å². The van der Waals surface area contributed by atoms with Crippen molar-refractivity contribution < 1.29 is 0 Å². The minimum absolute atomic E-state index is 0.460. The van der Waals surface area contributed by atoms with E-state index < -0.39 is 0 Å². The van der Waals surface area contributed by atoms with Crippen LogP contribution in [0, 0.1) is 0 Å². The highest BCUT2D eigenvalue weighted by Gasteiger charge is 2.17. The number of imidazole rings is 1. The molecule has 5 heteroatoms. The van der Waals surface area contributed by atoms with Crippen LogP contribution in [-0.4, -0.2) is 19.6 Å². The predicted molar refractivity (Wildman–Crippen MR) is 67.8 cm³/mol. The van der Waals surface area contributed by atoms with Crippen LogP contribution in [0.5, 0.6) is 0 Å². The number of nitrogens with two attached hydrogens (primary N) is 1. The van der Waals surface area contributed by atoms with E-state index in [2.05, 4.69) is 28.9 Å². The summed E-state index contributed by atoms with van der Waals surface area (Å²) in [6.45, 7) is 4.39. The second-order valence-electron chi connectivity index (χ2n) is 4.33. The summed E-state index contributed by atoms with van der Waals surface area (Å²) in [5, 5.41) is 4.25. The third kappa shape index (κ3) is 2.23. The summed E-state index contributed by atoms with van der Waals surface area (Å²) in [6.07, 6.45) is 7.83. The molecule has 0 saturated carbocycles. The van der Waals surface area contributed by atoms with Crippen molar-refractivity contribution in [1.29, 1.82) is 0 Å². The first-order valence-electron chi connectivity index (χ1n) is 6.22. The van der Waals surface area contributed by atoms with Gasteiger partial charge in [-0.2, -0.15) is 5.10 Å². The maximum atomic E-state index is 5.81. The molecule has 2 rings (SSSR count). The summed E-state index contributed by atoms with van der Waals surface area (Å²) in [6, 6.07) is 0. The molecule has 2 N–H and O–H groups in total. The lowest BCUT2D eigenvalue weighted by atomic mass is 9.98. The average molecular weight is 233 g/mol. The van der Waals surface area contributed by atoms with E-state index in [9.17, 15) is 0 Å². The molecule has 17 heavy (non-hydrogen) atoms. The van der Waals surface area contributed by atoms with Crippen molar-refractivity contribution in [2.24, 2.45) is 0 Å². The molecule has 2 aromatic rings. The fourth-order valence-corrected chi connectivity index (χ4v) is 2.24. The van der Waals surface area contributed by atoms with Gasteiger partial charge in [0.1, 0.15) is 17.7 Å². The molecular weight excluding hydrogens is 214 g/mol. The third-order valence-corrected chi connectivity index (χ3v) is 3.03. The van der Waals surface area contributed by atoms with Gasteiger partial charge in [-0.1, -0.05) is 26.7 Å². The van der Waals surface area contributed by atoms with Gasteiger partial charge in [0.05, 0.1) is 6.20 Å². The van der Waals surface area contributed by atoms with Crippen LogP contribution in [0.25, 0.3) is 5.52 Å². The summed E-state index contributed by atoms with van der Waals surface area (Å²) in [5.74, 6) is 1.96. The van der Waals surface area contributed by atoms with E-state index in [0.717, 1.165) is 37.0 Å². The number of fused-ring (bicyclic) bond motifs is 1. The lowest BCUT2D eigenvalue weighted by Gasteiger charge is -2.13. The van der Waals surface area contributed by atoms with E-state index in [0.29, 0.717) is 11.7 Å². The van der Waals surface area contributed by atoms with E-state index in [-0.39, 0.29) is 0 Å². The molecular formula is C12H19N5. The fraction of sp³-hybridized carbons (Fsp3) is 0.583. The quantitative estimate of drug-likeness (QED) is 0.860. The number of hydrogen-bond acceptors (Lipinski definition) is 4. The van der Waals surface area contributed by atoms with Crippen molar-refractivity contribution >= 4 is 11.3 Å². The fourth-order valence-electron chi connectivity index (χ4n) is 2.24. The van der Waals surface area contributed by atoms with Gasteiger partial charge in [0, 0.05) is 5.92 Å².